The van der Waals surface area contributed by atoms with Crippen LogP contribution in [0.2, 0.25) is 0 Å². The summed E-state index contributed by atoms with van der Waals surface area (Å²) < 4.78 is 9.80. The molecule has 6 nitrogen and oxygen atoms in total. The van der Waals surface area contributed by atoms with Gasteiger partial charge in [-0.1, -0.05) is 0 Å². The predicted octanol–water partition coefficient (Wildman–Crippen LogP) is -0.536. The van der Waals surface area contributed by atoms with Crippen molar-refractivity contribution in [2.24, 2.45) is 0 Å². The summed E-state index contributed by atoms with van der Waals surface area (Å²) in [6.07, 6.45) is 1.17. The van der Waals surface area contributed by atoms with E-state index in [0.29, 0.717) is 13.2 Å². The second-order valence-electron chi connectivity index (χ2n) is 2.73. The summed E-state index contributed by atoms with van der Waals surface area (Å²) in [6.45, 7) is 2.05. The Morgan fingerprint density at radius 3 is 2.79 bits per heavy atom. The van der Waals surface area contributed by atoms with Crippen molar-refractivity contribution in [2.45, 2.75) is 13.0 Å². The Balaban J connectivity index is 2.49. The molecule has 0 fully saturated rings. The second kappa shape index (κ2) is 4.50. The number of rotatable bonds is 3. The van der Waals surface area contributed by atoms with E-state index in [9.17, 15) is 9.59 Å². The van der Waals surface area contributed by atoms with E-state index in [1.54, 1.807) is 0 Å². The van der Waals surface area contributed by atoms with Gasteiger partial charge in [0.05, 0.1) is 0 Å². The minimum atomic E-state index is -1.10. The molecule has 0 saturated carbocycles. The summed E-state index contributed by atoms with van der Waals surface area (Å²) in [7, 11) is 0. The van der Waals surface area contributed by atoms with E-state index in [1.807, 2.05) is 0 Å². The average molecular weight is 201 g/mol. The van der Waals surface area contributed by atoms with Crippen LogP contribution in [0.5, 0.6) is 0 Å². The van der Waals surface area contributed by atoms with Crippen LogP contribution in [0.4, 0.5) is 0 Å². The highest BCUT2D eigenvalue weighted by Gasteiger charge is 2.19. The fourth-order valence-electron chi connectivity index (χ4n) is 0.817. The van der Waals surface area contributed by atoms with Crippen molar-refractivity contribution in [2.75, 3.05) is 13.2 Å². The van der Waals surface area contributed by atoms with E-state index in [4.69, 9.17) is 14.6 Å². The first-order valence-corrected chi connectivity index (χ1v) is 4.09. The molecule has 14 heavy (non-hydrogen) atoms. The first-order valence-electron chi connectivity index (χ1n) is 4.09. The monoisotopic (exact) mass is 201 g/mol. The predicted molar refractivity (Wildman–Crippen MR) is 45.2 cm³/mol. The van der Waals surface area contributed by atoms with Crippen molar-refractivity contribution in [3.63, 3.8) is 0 Å². The van der Waals surface area contributed by atoms with Crippen molar-refractivity contribution in [1.82, 2.24) is 5.32 Å². The molecule has 0 unspecified atom stereocenters. The van der Waals surface area contributed by atoms with Crippen molar-refractivity contribution in [1.29, 1.82) is 0 Å². The largest absolute Gasteiger partial charge is 0.494 e. The van der Waals surface area contributed by atoms with E-state index in [0.717, 1.165) is 0 Å². The maximum absolute atomic E-state index is 11.3. The molecule has 1 amide bonds. The number of carbonyl (C=O) groups is 2. The lowest BCUT2D eigenvalue weighted by atomic mass is 10.3. The van der Waals surface area contributed by atoms with Gasteiger partial charge in [-0.05, 0) is 6.92 Å². The minimum Gasteiger partial charge on any atom is -0.494 e. The lowest BCUT2D eigenvalue weighted by molar-refractivity contribution is -0.141. The normalized spacial score (nSPS) is 17.1. The lowest BCUT2D eigenvalue weighted by Gasteiger charge is -2.16. The summed E-state index contributed by atoms with van der Waals surface area (Å²) in [5.41, 5.74) is 0. The summed E-state index contributed by atoms with van der Waals surface area (Å²) >= 11 is 0. The highest BCUT2D eigenvalue weighted by Crippen LogP contribution is 2.04. The van der Waals surface area contributed by atoms with Crippen LogP contribution in [0, 0.1) is 0 Å². The fraction of sp³-hybridized carbons (Fsp3) is 0.500. The topological polar surface area (TPSA) is 84.9 Å². The third-order valence-corrected chi connectivity index (χ3v) is 1.59. The number of carboxylic acid groups (broad SMARTS) is 1. The standard InChI is InChI=1S/C8H11NO5/c1-5(8(11)12)9-7(10)6-4-13-2-3-14-6/h4-5H,2-3H2,1H3,(H,9,10)(H,11,12)/t5-/m1/s1. The van der Waals surface area contributed by atoms with Crippen LogP contribution in [-0.2, 0) is 19.1 Å². The molecule has 1 atom stereocenters. The number of amides is 1. The van der Waals surface area contributed by atoms with Crippen LogP contribution in [0.1, 0.15) is 6.92 Å². The number of hydrogen-bond donors (Lipinski definition) is 2. The number of hydrogen-bond acceptors (Lipinski definition) is 4. The third-order valence-electron chi connectivity index (χ3n) is 1.59. The summed E-state index contributed by atoms with van der Waals surface area (Å²) in [5.74, 6) is -1.68. The van der Waals surface area contributed by atoms with E-state index in [1.165, 1.54) is 13.2 Å². The zero-order valence-corrected chi connectivity index (χ0v) is 7.65. The van der Waals surface area contributed by atoms with Gasteiger partial charge in [0.25, 0.3) is 5.91 Å². The molecular formula is C8H11NO5. The highest BCUT2D eigenvalue weighted by atomic mass is 16.6. The van der Waals surface area contributed by atoms with Crippen molar-refractivity contribution < 1.29 is 24.2 Å². The minimum absolute atomic E-state index is 0.00403. The second-order valence-corrected chi connectivity index (χ2v) is 2.73. The Labute approximate surface area is 80.5 Å². The van der Waals surface area contributed by atoms with Crippen molar-refractivity contribution >= 4 is 11.9 Å². The molecule has 0 radical (unpaired) electrons. The van der Waals surface area contributed by atoms with Crippen LogP contribution in [0.3, 0.4) is 0 Å². The van der Waals surface area contributed by atoms with Gasteiger partial charge >= 0.3 is 5.97 Å². The summed E-state index contributed by atoms with van der Waals surface area (Å²) in [6, 6.07) is -0.950. The van der Waals surface area contributed by atoms with Crippen molar-refractivity contribution in [3.8, 4) is 0 Å². The molecule has 0 aromatic rings. The Hall–Kier alpha value is -1.72. The van der Waals surface area contributed by atoms with Crippen molar-refractivity contribution in [3.05, 3.63) is 12.0 Å². The number of ether oxygens (including phenoxy) is 2. The summed E-state index contributed by atoms with van der Waals surface area (Å²) in [4.78, 5) is 21.7. The smallest absolute Gasteiger partial charge is 0.325 e. The molecule has 0 saturated heterocycles. The zero-order chi connectivity index (χ0) is 10.6. The van der Waals surface area contributed by atoms with Gasteiger partial charge in [0.1, 0.15) is 25.5 Å². The molecule has 1 aliphatic rings. The first kappa shape index (κ1) is 10.4. The Kier molecular flexibility index (Phi) is 3.33. The van der Waals surface area contributed by atoms with Gasteiger partial charge in [-0.25, -0.2) is 0 Å². The Bertz CT molecular complexity index is 273. The molecular weight excluding hydrogens is 190 g/mol. The molecule has 2 N–H and O–H groups in total. The molecule has 1 rings (SSSR count). The van der Waals surface area contributed by atoms with Crippen LogP contribution in [0.25, 0.3) is 0 Å². The third kappa shape index (κ3) is 2.65. The Morgan fingerprint density at radius 2 is 2.29 bits per heavy atom. The molecule has 1 heterocycles. The molecule has 0 aliphatic carbocycles. The first-order chi connectivity index (χ1) is 6.61. The molecule has 0 spiro atoms. The maximum Gasteiger partial charge on any atom is 0.325 e. The Morgan fingerprint density at radius 1 is 1.57 bits per heavy atom. The lowest BCUT2D eigenvalue weighted by Crippen LogP contribution is -2.40. The zero-order valence-electron chi connectivity index (χ0n) is 7.65. The summed E-state index contributed by atoms with van der Waals surface area (Å²) in [5, 5.41) is 10.8. The van der Waals surface area contributed by atoms with Gasteiger partial charge in [0.15, 0.2) is 0 Å². The molecule has 0 aromatic heterocycles. The van der Waals surface area contributed by atoms with Crippen LogP contribution in [0.15, 0.2) is 12.0 Å². The molecule has 78 valence electrons. The number of carbonyl (C=O) groups excluding carboxylic acids is 1. The number of carboxylic acids is 1. The van der Waals surface area contributed by atoms with Gasteiger partial charge in [-0.3, -0.25) is 9.59 Å². The molecule has 0 aromatic carbocycles. The van der Waals surface area contributed by atoms with Crippen LogP contribution >= 0.6 is 0 Å². The van der Waals surface area contributed by atoms with Gasteiger partial charge in [-0.15, -0.1) is 0 Å². The maximum atomic E-state index is 11.3. The van der Waals surface area contributed by atoms with E-state index < -0.39 is 17.9 Å². The highest BCUT2D eigenvalue weighted by molar-refractivity contribution is 5.93. The van der Waals surface area contributed by atoms with E-state index in [2.05, 4.69) is 5.32 Å². The number of aliphatic carboxylic acids is 1. The SMILES string of the molecule is C[C@@H](NC(=O)C1=COCCO1)C(=O)O. The number of nitrogens with one attached hydrogen (secondary N) is 1. The fourth-order valence-corrected chi connectivity index (χ4v) is 0.817. The van der Waals surface area contributed by atoms with Crippen LogP contribution < -0.4 is 5.32 Å². The van der Waals surface area contributed by atoms with Gasteiger partial charge in [-0.2, -0.15) is 0 Å². The average Bonchev–Trinajstić information content (AvgIpc) is 2.19. The molecule has 1 aliphatic heterocycles. The van der Waals surface area contributed by atoms with E-state index in [-0.39, 0.29) is 5.76 Å². The van der Waals surface area contributed by atoms with Crippen LogP contribution in [-0.4, -0.2) is 36.2 Å². The molecule has 6 heteroatoms. The van der Waals surface area contributed by atoms with Gasteiger partial charge in [0, 0.05) is 0 Å². The van der Waals surface area contributed by atoms with Gasteiger partial charge in [0.2, 0.25) is 5.76 Å². The van der Waals surface area contributed by atoms with E-state index >= 15 is 0 Å². The van der Waals surface area contributed by atoms with Gasteiger partial charge < -0.3 is 19.9 Å². The molecule has 0 bridgehead atoms. The quantitative estimate of drug-likeness (QED) is 0.640.